The molecule has 1 unspecified atom stereocenters. The molecule has 0 bridgehead atoms. The summed E-state index contributed by atoms with van der Waals surface area (Å²) in [4.78, 5) is 23.1. The third-order valence-corrected chi connectivity index (χ3v) is 2.99. The lowest BCUT2D eigenvalue weighted by molar-refractivity contribution is -0.162. The highest BCUT2D eigenvalue weighted by molar-refractivity contribution is 6.28. The zero-order valence-corrected chi connectivity index (χ0v) is 11.0. The van der Waals surface area contributed by atoms with Crippen LogP contribution in [-0.4, -0.2) is 32.9 Å². The van der Waals surface area contributed by atoms with Gasteiger partial charge in [0.1, 0.15) is 10.8 Å². The molecular weight excluding hydrogens is 210 g/mol. The molecule has 5 heteroatoms. The third-order valence-electron chi connectivity index (χ3n) is 2.18. The highest BCUT2D eigenvalue weighted by Crippen LogP contribution is 2.21. The van der Waals surface area contributed by atoms with E-state index in [2.05, 4.69) is 5.32 Å². The molecule has 0 aromatic rings. The summed E-state index contributed by atoms with van der Waals surface area (Å²) in [7, 11) is 1.49. The topological polar surface area (TPSA) is 55.4 Å². The summed E-state index contributed by atoms with van der Waals surface area (Å²) in [5.41, 5.74) is -0.507. The number of carbonyl (C=O) groups is 2. The van der Waals surface area contributed by atoms with Crippen molar-refractivity contribution in [2.75, 3.05) is 0 Å². The lowest BCUT2D eigenvalue weighted by Crippen LogP contribution is -2.59. The van der Waals surface area contributed by atoms with Crippen molar-refractivity contribution in [1.29, 1.82) is 0 Å². The maximum absolute atomic E-state index is 11.9. The first-order valence-electron chi connectivity index (χ1n) is 5.13. The molecule has 1 aliphatic heterocycles. The highest BCUT2D eigenvalue weighted by Gasteiger charge is 2.40. The van der Waals surface area contributed by atoms with Crippen molar-refractivity contribution in [2.45, 2.75) is 50.8 Å². The predicted octanol–water partition coefficient (Wildman–Crippen LogP) is -0.0424. The van der Waals surface area contributed by atoms with Gasteiger partial charge in [0.2, 0.25) is 5.91 Å². The van der Waals surface area contributed by atoms with Crippen molar-refractivity contribution in [1.82, 2.24) is 5.32 Å². The van der Waals surface area contributed by atoms with Crippen LogP contribution in [0.1, 0.15) is 40.0 Å². The van der Waals surface area contributed by atoms with Gasteiger partial charge < -0.3 is 10.1 Å². The van der Waals surface area contributed by atoms with Crippen molar-refractivity contribution in [3.63, 3.8) is 0 Å². The summed E-state index contributed by atoms with van der Waals surface area (Å²) < 4.78 is 5.28. The molecule has 0 saturated carbocycles. The second kappa shape index (κ2) is 3.96. The zero-order chi connectivity index (χ0) is 11.7. The van der Waals surface area contributed by atoms with Crippen molar-refractivity contribution < 1.29 is 14.3 Å². The zero-order valence-electron chi connectivity index (χ0n) is 9.55. The lowest BCUT2D eigenvalue weighted by atomic mass is 10.0. The molecule has 1 amide bonds. The van der Waals surface area contributed by atoms with Crippen LogP contribution in [0.2, 0.25) is 0 Å². The van der Waals surface area contributed by atoms with E-state index in [0.29, 0.717) is 12.8 Å². The Morgan fingerprint density at radius 3 is 2.60 bits per heavy atom. The highest BCUT2D eigenvalue weighted by atomic mass is 28.1. The Kier molecular flexibility index (Phi) is 3.23. The van der Waals surface area contributed by atoms with E-state index in [-0.39, 0.29) is 11.9 Å². The number of rotatable bonds is 1. The predicted molar refractivity (Wildman–Crippen MR) is 59.1 cm³/mol. The number of carbonyl (C=O) groups excluding carboxylic acids is 2. The number of hydrogen-bond donors (Lipinski definition) is 1. The van der Waals surface area contributed by atoms with Gasteiger partial charge in [-0.15, -0.1) is 0 Å². The molecule has 0 spiro atoms. The van der Waals surface area contributed by atoms with Crippen LogP contribution < -0.4 is 5.32 Å². The second-order valence-electron chi connectivity index (χ2n) is 4.99. The van der Waals surface area contributed by atoms with Crippen LogP contribution >= 0.6 is 0 Å². The summed E-state index contributed by atoms with van der Waals surface area (Å²) in [5.74, 6) is -0.400. The number of amides is 1. The van der Waals surface area contributed by atoms with Gasteiger partial charge in [-0.1, -0.05) is 0 Å². The summed E-state index contributed by atoms with van der Waals surface area (Å²) in [6.07, 6.45) is 1.91. The van der Waals surface area contributed by atoms with E-state index < -0.39 is 10.8 Å². The number of esters is 1. The molecular formula is C10H18NO3Si. The molecule has 85 valence electrons. The van der Waals surface area contributed by atoms with E-state index in [0.717, 1.165) is 6.42 Å². The van der Waals surface area contributed by atoms with E-state index in [1.165, 1.54) is 10.2 Å². The van der Waals surface area contributed by atoms with Gasteiger partial charge in [0, 0.05) is 6.42 Å². The lowest BCUT2D eigenvalue weighted by Gasteiger charge is -2.34. The SMILES string of the molecule is CC(C)(C)OC(=O)C1([SiH2])CCCC(=O)N1. The fourth-order valence-electron chi connectivity index (χ4n) is 1.47. The molecule has 1 aliphatic rings. The monoisotopic (exact) mass is 228 g/mol. The number of hydrogen-bond acceptors (Lipinski definition) is 3. The third kappa shape index (κ3) is 3.34. The minimum atomic E-state index is -0.817. The molecule has 1 heterocycles. The minimum Gasteiger partial charge on any atom is -0.458 e. The number of ether oxygens (including phenoxy) is 1. The Morgan fingerprint density at radius 1 is 1.53 bits per heavy atom. The molecule has 1 radical (unpaired) electrons. The van der Waals surface area contributed by atoms with Crippen molar-refractivity contribution in [3.05, 3.63) is 0 Å². The van der Waals surface area contributed by atoms with Crippen LogP contribution in [-0.2, 0) is 14.3 Å². The Hall–Kier alpha value is -0.843. The first-order valence-corrected chi connectivity index (χ1v) is 5.83. The molecule has 0 aromatic carbocycles. The van der Waals surface area contributed by atoms with Gasteiger partial charge in [-0.2, -0.15) is 0 Å². The van der Waals surface area contributed by atoms with Gasteiger partial charge >= 0.3 is 5.97 Å². The smallest absolute Gasteiger partial charge is 0.327 e. The summed E-state index contributed by atoms with van der Waals surface area (Å²) in [6.45, 7) is 5.46. The number of piperidine rings is 1. The average molecular weight is 228 g/mol. The van der Waals surface area contributed by atoms with Crippen LogP contribution in [0.3, 0.4) is 0 Å². The first-order chi connectivity index (χ1) is 6.73. The van der Waals surface area contributed by atoms with Gasteiger partial charge in [0.05, 0.1) is 10.2 Å². The standard InChI is InChI=1S/C10H18NO3Si/c1-9(2,3)14-8(13)10(15)6-4-5-7(12)11-10/h4-6,15H2,1-3H3,(H,11,12). The molecule has 1 N–H and O–H groups in total. The summed E-state index contributed by atoms with van der Waals surface area (Å²) in [5, 5.41) is 1.90. The molecule has 1 atom stereocenters. The largest absolute Gasteiger partial charge is 0.458 e. The van der Waals surface area contributed by atoms with E-state index >= 15 is 0 Å². The van der Waals surface area contributed by atoms with Gasteiger partial charge in [-0.25, -0.2) is 4.79 Å². The Labute approximate surface area is 93.2 Å². The van der Waals surface area contributed by atoms with Gasteiger partial charge in [-0.05, 0) is 33.6 Å². The fourth-order valence-corrected chi connectivity index (χ4v) is 1.99. The fraction of sp³-hybridized carbons (Fsp3) is 0.800. The van der Waals surface area contributed by atoms with E-state index in [4.69, 9.17) is 4.74 Å². The Bertz CT molecular complexity index is 285. The van der Waals surface area contributed by atoms with Gasteiger partial charge in [0.15, 0.2) is 0 Å². The van der Waals surface area contributed by atoms with Crippen LogP contribution in [0.5, 0.6) is 0 Å². The second-order valence-corrected chi connectivity index (χ2v) is 6.19. The molecule has 0 aromatic heterocycles. The first kappa shape index (κ1) is 12.2. The maximum Gasteiger partial charge on any atom is 0.327 e. The van der Waals surface area contributed by atoms with Crippen LogP contribution in [0, 0.1) is 0 Å². The molecule has 0 aliphatic carbocycles. The van der Waals surface area contributed by atoms with Crippen LogP contribution in [0.4, 0.5) is 0 Å². The molecule has 1 rings (SSSR count). The quantitative estimate of drug-likeness (QED) is 0.506. The van der Waals surface area contributed by atoms with Crippen molar-refractivity contribution >= 4 is 22.1 Å². The van der Waals surface area contributed by atoms with Crippen molar-refractivity contribution in [2.24, 2.45) is 0 Å². The van der Waals surface area contributed by atoms with E-state index in [9.17, 15) is 9.59 Å². The van der Waals surface area contributed by atoms with Crippen molar-refractivity contribution in [3.8, 4) is 0 Å². The summed E-state index contributed by atoms with van der Waals surface area (Å²) in [6, 6.07) is 0. The normalized spacial score (nSPS) is 27.1. The van der Waals surface area contributed by atoms with Gasteiger partial charge in [-0.3, -0.25) is 4.79 Å². The molecule has 15 heavy (non-hydrogen) atoms. The number of nitrogens with one attached hydrogen (secondary N) is 1. The average Bonchev–Trinajstić information content (AvgIpc) is 2.00. The minimum absolute atomic E-state index is 0.0675. The van der Waals surface area contributed by atoms with Crippen LogP contribution in [0.25, 0.3) is 0 Å². The maximum atomic E-state index is 11.9. The summed E-state index contributed by atoms with van der Waals surface area (Å²) >= 11 is 0. The molecule has 4 nitrogen and oxygen atoms in total. The van der Waals surface area contributed by atoms with E-state index in [1.807, 2.05) is 20.8 Å². The Morgan fingerprint density at radius 2 is 2.13 bits per heavy atom. The Balaban J connectivity index is 2.68. The molecule has 1 fully saturated rings. The van der Waals surface area contributed by atoms with Gasteiger partial charge in [0.25, 0.3) is 0 Å². The van der Waals surface area contributed by atoms with E-state index in [1.54, 1.807) is 0 Å². The molecule has 1 saturated heterocycles. The van der Waals surface area contributed by atoms with Crippen LogP contribution in [0.15, 0.2) is 0 Å².